The Morgan fingerprint density at radius 2 is 2.20 bits per heavy atom. The molecule has 0 radical (unpaired) electrons. The highest BCUT2D eigenvalue weighted by Crippen LogP contribution is 2.16. The summed E-state index contributed by atoms with van der Waals surface area (Å²) in [5, 5.41) is 8.45. The predicted molar refractivity (Wildman–Crippen MR) is 37.5 cm³/mol. The third-order valence-corrected chi connectivity index (χ3v) is 1.31. The first-order chi connectivity index (χ1) is 4.81. The predicted octanol–water partition coefficient (Wildman–Crippen LogP) is 0.711. The molecule has 1 aliphatic carbocycles. The average molecular weight is 146 g/mol. The molecular weight excluding hydrogens is 132 g/mol. The monoisotopic (exact) mass is 146 g/mol. The van der Waals surface area contributed by atoms with Gasteiger partial charge in [-0.05, 0) is 26.2 Å². The van der Waals surface area contributed by atoms with Crippen LogP contribution in [0.3, 0.4) is 0 Å². The van der Waals surface area contributed by atoms with E-state index in [2.05, 4.69) is 4.74 Å². The summed E-state index contributed by atoms with van der Waals surface area (Å²) in [6.07, 6.45) is 3.39. The van der Waals surface area contributed by atoms with Gasteiger partial charge in [-0.15, -0.1) is 0 Å². The molecule has 3 heteroatoms. The lowest BCUT2D eigenvalue weighted by Gasteiger charge is -2.17. The van der Waals surface area contributed by atoms with Crippen LogP contribution in [0.25, 0.3) is 0 Å². The zero-order valence-corrected chi connectivity index (χ0v) is 6.25. The van der Waals surface area contributed by atoms with Crippen LogP contribution in [-0.4, -0.2) is 24.3 Å². The number of carbonyl (C=O) groups excluding carboxylic acids is 1. The second-order valence-corrected chi connectivity index (χ2v) is 2.14. The van der Waals surface area contributed by atoms with Crippen molar-refractivity contribution in [3.05, 3.63) is 0 Å². The molecule has 60 valence electrons. The van der Waals surface area contributed by atoms with Crippen molar-refractivity contribution in [2.75, 3.05) is 6.61 Å². The van der Waals surface area contributed by atoms with Crippen molar-refractivity contribution in [1.29, 1.82) is 0 Å². The summed E-state index contributed by atoms with van der Waals surface area (Å²) in [5.41, 5.74) is 0. The molecule has 0 aromatic rings. The van der Waals surface area contributed by atoms with Crippen LogP contribution >= 0.6 is 0 Å². The number of aliphatic hydroxyl groups is 1. The van der Waals surface area contributed by atoms with Gasteiger partial charge in [0.25, 0.3) is 6.47 Å². The smallest absolute Gasteiger partial charge is 0.293 e. The third kappa shape index (κ3) is 5.56. The molecule has 0 heterocycles. The molecule has 1 saturated carbocycles. The van der Waals surface area contributed by atoms with Gasteiger partial charge < -0.3 is 9.84 Å². The maximum atomic E-state index is 9.18. The van der Waals surface area contributed by atoms with Crippen LogP contribution in [0.2, 0.25) is 0 Å². The van der Waals surface area contributed by atoms with E-state index in [-0.39, 0.29) is 6.10 Å². The number of carbonyl (C=O) groups is 1. The number of hydrogen-bond donors (Lipinski definition) is 1. The lowest BCUT2D eigenvalue weighted by molar-refractivity contribution is -0.128. The van der Waals surface area contributed by atoms with Crippen molar-refractivity contribution in [3.63, 3.8) is 0 Å². The van der Waals surface area contributed by atoms with Crippen molar-refractivity contribution in [2.45, 2.75) is 32.3 Å². The zero-order valence-electron chi connectivity index (χ0n) is 6.25. The molecule has 10 heavy (non-hydrogen) atoms. The molecule has 1 N–H and O–H groups in total. The Labute approximate surface area is 61.0 Å². The van der Waals surface area contributed by atoms with Crippen LogP contribution in [0, 0.1) is 0 Å². The molecule has 1 aliphatic rings. The third-order valence-electron chi connectivity index (χ3n) is 1.31. The number of rotatable bonds is 2. The van der Waals surface area contributed by atoms with Crippen LogP contribution < -0.4 is 0 Å². The van der Waals surface area contributed by atoms with Crippen molar-refractivity contribution < 1.29 is 14.6 Å². The van der Waals surface area contributed by atoms with Gasteiger partial charge in [-0.3, -0.25) is 4.79 Å². The fourth-order valence-corrected chi connectivity index (χ4v) is 0.455. The number of hydrogen-bond acceptors (Lipinski definition) is 3. The minimum Gasteiger partial charge on any atom is -0.468 e. The maximum absolute atomic E-state index is 9.18. The Balaban J connectivity index is 0.000000162. The first-order valence-corrected chi connectivity index (χ1v) is 3.54. The van der Waals surface area contributed by atoms with Crippen LogP contribution in [0.1, 0.15) is 26.2 Å². The normalized spacial score (nSPS) is 16.2. The lowest BCUT2D eigenvalue weighted by Crippen LogP contribution is -2.15. The molecule has 0 saturated heterocycles. The molecular formula is C7H14O3. The van der Waals surface area contributed by atoms with E-state index in [0.717, 1.165) is 12.8 Å². The minimum absolute atomic E-state index is 0.0648. The Bertz CT molecular complexity index is 78.9. The molecule has 0 amide bonds. The van der Waals surface area contributed by atoms with Crippen molar-refractivity contribution in [1.82, 2.24) is 0 Å². The molecule has 0 aliphatic heterocycles. The van der Waals surface area contributed by atoms with Gasteiger partial charge in [0, 0.05) is 0 Å². The molecule has 0 spiro atoms. The molecule has 0 atom stereocenters. The number of ether oxygens (including phenoxy) is 1. The first kappa shape index (κ1) is 9.43. The Kier molecular flexibility index (Phi) is 6.18. The van der Waals surface area contributed by atoms with Crippen LogP contribution in [0.4, 0.5) is 0 Å². The van der Waals surface area contributed by atoms with Crippen molar-refractivity contribution in [3.8, 4) is 0 Å². The lowest BCUT2D eigenvalue weighted by atomic mass is 9.97. The maximum Gasteiger partial charge on any atom is 0.293 e. The standard InChI is InChI=1S/C4H8O.C3H6O2/c5-4-2-1-3-4;1-2-5-3-4/h4-5H,1-3H2;3H,2H2,1H3. The molecule has 3 nitrogen and oxygen atoms in total. The Morgan fingerprint density at radius 1 is 1.70 bits per heavy atom. The van der Waals surface area contributed by atoms with Crippen molar-refractivity contribution >= 4 is 6.47 Å². The van der Waals surface area contributed by atoms with E-state index in [1.807, 2.05) is 0 Å². The summed E-state index contributed by atoms with van der Waals surface area (Å²) >= 11 is 0. The molecule has 0 aromatic heterocycles. The fourth-order valence-electron chi connectivity index (χ4n) is 0.455. The first-order valence-electron chi connectivity index (χ1n) is 3.54. The van der Waals surface area contributed by atoms with E-state index < -0.39 is 0 Å². The summed E-state index contributed by atoms with van der Waals surface area (Å²) in [6, 6.07) is 0. The Hall–Kier alpha value is -0.570. The van der Waals surface area contributed by atoms with E-state index in [4.69, 9.17) is 5.11 Å². The van der Waals surface area contributed by atoms with Crippen molar-refractivity contribution in [2.24, 2.45) is 0 Å². The van der Waals surface area contributed by atoms with Gasteiger partial charge in [0.05, 0.1) is 12.7 Å². The molecule has 0 unspecified atom stereocenters. The van der Waals surface area contributed by atoms with E-state index in [0.29, 0.717) is 13.1 Å². The summed E-state index contributed by atoms with van der Waals surface area (Å²) < 4.78 is 4.15. The quantitative estimate of drug-likeness (QED) is 0.583. The SMILES string of the molecule is CCOC=O.OC1CCC1. The summed E-state index contributed by atoms with van der Waals surface area (Å²) in [7, 11) is 0. The topological polar surface area (TPSA) is 46.5 Å². The molecule has 0 bridgehead atoms. The van der Waals surface area contributed by atoms with Gasteiger partial charge in [-0.1, -0.05) is 0 Å². The molecule has 1 rings (SSSR count). The van der Waals surface area contributed by atoms with E-state index >= 15 is 0 Å². The fraction of sp³-hybridized carbons (Fsp3) is 0.857. The largest absolute Gasteiger partial charge is 0.468 e. The van der Waals surface area contributed by atoms with E-state index in [1.54, 1.807) is 6.92 Å². The van der Waals surface area contributed by atoms with E-state index in [9.17, 15) is 4.79 Å². The Morgan fingerprint density at radius 3 is 2.20 bits per heavy atom. The van der Waals surface area contributed by atoms with Crippen LogP contribution in [0.15, 0.2) is 0 Å². The van der Waals surface area contributed by atoms with Gasteiger partial charge >= 0.3 is 0 Å². The van der Waals surface area contributed by atoms with Gasteiger partial charge in [-0.2, -0.15) is 0 Å². The second-order valence-electron chi connectivity index (χ2n) is 2.14. The van der Waals surface area contributed by atoms with Gasteiger partial charge in [0.1, 0.15) is 0 Å². The highest BCUT2D eigenvalue weighted by Gasteiger charge is 2.11. The van der Waals surface area contributed by atoms with Crippen LogP contribution in [0.5, 0.6) is 0 Å². The zero-order chi connectivity index (χ0) is 7.82. The summed E-state index contributed by atoms with van der Waals surface area (Å²) in [4.78, 5) is 9.18. The number of aliphatic hydroxyl groups excluding tert-OH is 1. The average Bonchev–Trinajstić information content (AvgIpc) is 1.87. The summed E-state index contributed by atoms with van der Waals surface area (Å²) in [5.74, 6) is 0. The molecule has 1 fully saturated rings. The van der Waals surface area contributed by atoms with Gasteiger partial charge in [0.2, 0.25) is 0 Å². The summed E-state index contributed by atoms with van der Waals surface area (Å²) in [6.45, 7) is 2.66. The minimum atomic E-state index is 0.0648. The van der Waals surface area contributed by atoms with Gasteiger partial charge in [-0.25, -0.2) is 0 Å². The van der Waals surface area contributed by atoms with E-state index in [1.165, 1.54) is 6.42 Å². The highest BCUT2D eigenvalue weighted by molar-refractivity contribution is 5.36. The second kappa shape index (κ2) is 6.55. The highest BCUT2D eigenvalue weighted by atomic mass is 16.5. The van der Waals surface area contributed by atoms with Gasteiger partial charge in [0.15, 0.2) is 0 Å². The molecule has 0 aromatic carbocycles. The van der Waals surface area contributed by atoms with Crippen LogP contribution in [-0.2, 0) is 9.53 Å².